The van der Waals surface area contributed by atoms with Crippen LogP contribution in [0.3, 0.4) is 0 Å². The zero-order chi connectivity index (χ0) is 12.5. The second kappa shape index (κ2) is 4.38. The zero-order valence-electron chi connectivity index (χ0n) is 7.58. The van der Waals surface area contributed by atoms with Gasteiger partial charge in [-0.3, -0.25) is 10.1 Å². The van der Waals surface area contributed by atoms with Crippen molar-refractivity contribution in [3.8, 4) is 0 Å². The molecule has 1 aromatic rings. The quantitative estimate of drug-likeness (QED) is 0.674. The van der Waals surface area contributed by atoms with Crippen molar-refractivity contribution in [2.24, 2.45) is 0 Å². The average Bonchev–Trinajstić information content (AvgIpc) is 2.14. The van der Waals surface area contributed by atoms with E-state index in [0.29, 0.717) is 6.07 Å². The largest absolute Gasteiger partial charge is 0.417 e. The lowest BCUT2D eigenvalue weighted by atomic mass is 10.1. The lowest BCUT2D eigenvalue weighted by Crippen LogP contribution is -2.11. The van der Waals surface area contributed by atoms with Crippen molar-refractivity contribution in [2.45, 2.75) is 12.8 Å². The van der Waals surface area contributed by atoms with E-state index in [1.54, 1.807) is 0 Å². The van der Waals surface area contributed by atoms with E-state index < -0.39 is 34.5 Å². The van der Waals surface area contributed by atoms with Gasteiger partial charge < -0.3 is 5.11 Å². The topological polar surface area (TPSA) is 63.4 Å². The van der Waals surface area contributed by atoms with Crippen LogP contribution in [-0.2, 0) is 12.8 Å². The van der Waals surface area contributed by atoms with Gasteiger partial charge >= 0.3 is 6.18 Å². The van der Waals surface area contributed by atoms with Gasteiger partial charge in [0.2, 0.25) is 0 Å². The van der Waals surface area contributed by atoms with Gasteiger partial charge in [-0.1, -0.05) is 15.9 Å². The molecule has 0 radical (unpaired) electrons. The highest BCUT2D eigenvalue weighted by atomic mass is 79.9. The van der Waals surface area contributed by atoms with Gasteiger partial charge in [0.15, 0.2) is 0 Å². The molecule has 0 aromatic heterocycles. The fourth-order valence-corrected chi connectivity index (χ4v) is 1.65. The summed E-state index contributed by atoms with van der Waals surface area (Å²) in [6.45, 7) is -1.04. The van der Waals surface area contributed by atoms with E-state index in [1.807, 2.05) is 0 Å². The molecule has 0 atom stereocenters. The SMILES string of the molecule is O=[N+]([O-])c1cc(Br)cc(C(F)(F)F)c1CO. The van der Waals surface area contributed by atoms with Crippen LogP contribution in [0.15, 0.2) is 16.6 Å². The average molecular weight is 300 g/mol. The lowest BCUT2D eigenvalue weighted by Gasteiger charge is -2.11. The van der Waals surface area contributed by atoms with Gasteiger partial charge in [-0.25, -0.2) is 0 Å². The third-order valence-electron chi connectivity index (χ3n) is 1.85. The van der Waals surface area contributed by atoms with Gasteiger partial charge in [0.05, 0.1) is 22.7 Å². The first-order valence-electron chi connectivity index (χ1n) is 3.92. The Morgan fingerprint density at radius 2 is 2.00 bits per heavy atom. The van der Waals surface area contributed by atoms with Crippen LogP contribution in [0.4, 0.5) is 18.9 Å². The Balaban J connectivity index is 3.55. The summed E-state index contributed by atoms with van der Waals surface area (Å²) >= 11 is 2.75. The highest BCUT2D eigenvalue weighted by Gasteiger charge is 2.36. The van der Waals surface area contributed by atoms with Crippen LogP contribution < -0.4 is 0 Å². The molecule has 0 amide bonds. The molecule has 0 heterocycles. The third kappa shape index (κ3) is 2.50. The minimum absolute atomic E-state index is 0.0660. The number of alkyl halides is 3. The summed E-state index contributed by atoms with van der Waals surface area (Å²) in [5.74, 6) is 0. The summed E-state index contributed by atoms with van der Waals surface area (Å²) in [4.78, 5) is 9.55. The molecule has 0 saturated carbocycles. The summed E-state index contributed by atoms with van der Waals surface area (Å²) in [6, 6.07) is 1.61. The van der Waals surface area contributed by atoms with Gasteiger partial charge in [-0.05, 0) is 6.07 Å². The number of nitrogens with zero attached hydrogens (tertiary/aromatic N) is 1. The number of benzene rings is 1. The Kier molecular flexibility index (Phi) is 3.54. The number of nitro groups is 1. The molecule has 0 unspecified atom stereocenters. The van der Waals surface area contributed by atoms with Crippen molar-refractivity contribution in [1.29, 1.82) is 0 Å². The Hall–Kier alpha value is -1.15. The molecule has 88 valence electrons. The standard InChI is InChI=1S/C8H5BrF3NO3/c9-4-1-6(8(10,11)12)5(3-14)7(2-4)13(15)16/h1-2,14H,3H2. The molecule has 16 heavy (non-hydrogen) atoms. The van der Waals surface area contributed by atoms with E-state index in [4.69, 9.17) is 5.11 Å². The Bertz CT molecular complexity index is 433. The molecule has 0 spiro atoms. The van der Waals surface area contributed by atoms with Crippen LogP contribution in [0, 0.1) is 10.1 Å². The zero-order valence-corrected chi connectivity index (χ0v) is 9.17. The van der Waals surface area contributed by atoms with Crippen LogP contribution >= 0.6 is 15.9 Å². The predicted molar refractivity (Wildman–Crippen MR) is 51.7 cm³/mol. The predicted octanol–water partition coefficient (Wildman–Crippen LogP) is 2.87. The number of aliphatic hydroxyl groups is 1. The summed E-state index contributed by atoms with van der Waals surface area (Å²) in [6.07, 6.45) is -4.74. The molecule has 0 fully saturated rings. The summed E-state index contributed by atoms with van der Waals surface area (Å²) in [7, 11) is 0. The van der Waals surface area contributed by atoms with Crippen LogP contribution in [0.2, 0.25) is 0 Å². The van der Waals surface area contributed by atoms with Crippen LogP contribution in [0.1, 0.15) is 11.1 Å². The van der Waals surface area contributed by atoms with Gasteiger partial charge in [-0.2, -0.15) is 13.2 Å². The molecule has 4 nitrogen and oxygen atoms in total. The molecule has 1 rings (SSSR count). The second-order valence-corrected chi connectivity index (χ2v) is 3.78. The highest BCUT2D eigenvalue weighted by molar-refractivity contribution is 9.10. The van der Waals surface area contributed by atoms with Gasteiger partial charge in [0.25, 0.3) is 5.69 Å². The Labute approximate surface area is 96.0 Å². The fourth-order valence-electron chi connectivity index (χ4n) is 1.20. The van der Waals surface area contributed by atoms with Crippen molar-refractivity contribution in [2.75, 3.05) is 0 Å². The first-order valence-corrected chi connectivity index (χ1v) is 4.71. The third-order valence-corrected chi connectivity index (χ3v) is 2.31. The summed E-state index contributed by atoms with van der Waals surface area (Å²) < 4.78 is 37.4. The normalized spacial score (nSPS) is 11.6. The molecule has 1 N–H and O–H groups in total. The summed E-state index contributed by atoms with van der Waals surface area (Å²) in [5, 5.41) is 19.3. The van der Waals surface area contributed by atoms with E-state index in [0.717, 1.165) is 6.07 Å². The summed E-state index contributed by atoms with van der Waals surface area (Å²) in [5.41, 5.74) is -2.71. The van der Waals surface area contributed by atoms with Crippen LogP contribution in [-0.4, -0.2) is 10.0 Å². The molecule has 0 bridgehead atoms. The maximum atomic E-state index is 12.5. The molecule has 0 aliphatic heterocycles. The van der Waals surface area contributed by atoms with Crippen molar-refractivity contribution >= 4 is 21.6 Å². The number of rotatable bonds is 2. The number of hydrogen-bond donors (Lipinski definition) is 1. The Morgan fingerprint density at radius 3 is 2.38 bits per heavy atom. The minimum atomic E-state index is -4.74. The van der Waals surface area contributed by atoms with Crippen molar-refractivity contribution in [3.05, 3.63) is 37.8 Å². The van der Waals surface area contributed by atoms with E-state index in [1.165, 1.54) is 0 Å². The number of nitro benzene ring substituents is 1. The Morgan fingerprint density at radius 1 is 1.44 bits per heavy atom. The van der Waals surface area contributed by atoms with E-state index in [2.05, 4.69) is 15.9 Å². The molecule has 0 aliphatic rings. The van der Waals surface area contributed by atoms with Crippen molar-refractivity contribution in [1.82, 2.24) is 0 Å². The maximum Gasteiger partial charge on any atom is 0.417 e. The molecular weight excluding hydrogens is 295 g/mol. The first-order chi connectivity index (χ1) is 7.27. The second-order valence-electron chi connectivity index (χ2n) is 2.86. The van der Waals surface area contributed by atoms with Gasteiger partial charge in [0.1, 0.15) is 0 Å². The van der Waals surface area contributed by atoms with Gasteiger partial charge in [-0.15, -0.1) is 0 Å². The maximum absolute atomic E-state index is 12.5. The molecule has 8 heteroatoms. The van der Waals surface area contributed by atoms with Crippen molar-refractivity contribution in [3.63, 3.8) is 0 Å². The molecule has 0 saturated heterocycles. The number of aliphatic hydroxyl groups excluding tert-OH is 1. The van der Waals surface area contributed by atoms with E-state index in [9.17, 15) is 23.3 Å². The molecular formula is C8H5BrF3NO3. The van der Waals surface area contributed by atoms with E-state index >= 15 is 0 Å². The van der Waals surface area contributed by atoms with Crippen molar-refractivity contribution < 1.29 is 23.2 Å². The number of halogens is 4. The van der Waals surface area contributed by atoms with Gasteiger partial charge in [0, 0.05) is 10.5 Å². The smallest absolute Gasteiger partial charge is 0.391 e. The molecule has 0 aliphatic carbocycles. The number of hydrogen-bond acceptors (Lipinski definition) is 3. The fraction of sp³-hybridized carbons (Fsp3) is 0.250. The molecule has 1 aromatic carbocycles. The monoisotopic (exact) mass is 299 g/mol. The lowest BCUT2D eigenvalue weighted by molar-refractivity contribution is -0.386. The van der Waals surface area contributed by atoms with E-state index in [-0.39, 0.29) is 4.47 Å². The first kappa shape index (κ1) is 12.9. The highest BCUT2D eigenvalue weighted by Crippen LogP contribution is 2.38. The minimum Gasteiger partial charge on any atom is -0.391 e. The van der Waals surface area contributed by atoms with Crippen LogP contribution in [0.25, 0.3) is 0 Å². The van der Waals surface area contributed by atoms with Crippen LogP contribution in [0.5, 0.6) is 0 Å².